The van der Waals surface area contributed by atoms with E-state index < -0.39 is 6.10 Å². The Balaban J connectivity index is 1.86. The number of fused-ring (bicyclic) bond motifs is 1. The average molecular weight is 357 g/mol. The van der Waals surface area contributed by atoms with Gasteiger partial charge in [0.05, 0.1) is 11.5 Å². The minimum Gasteiger partial charge on any atom is -0.391 e. The van der Waals surface area contributed by atoms with Crippen LogP contribution in [-0.4, -0.2) is 45.4 Å². The van der Waals surface area contributed by atoms with Crippen molar-refractivity contribution in [3.63, 3.8) is 0 Å². The van der Waals surface area contributed by atoms with Gasteiger partial charge in [-0.25, -0.2) is 9.97 Å². The Labute approximate surface area is 148 Å². The summed E-state index contributed by atoms with van der Waals surface area (Å²) in [7, 11) is 0. The number of aryl methyl sites for hydroxylation is 1. The average Bonchev–Trinajstić information content (AvgIpc) is 3.27. The Hall–Kier alpha value is -2.29. The second-order valence-corrected chi connectivity index (χ2v) is 7.21. The monoisotopic (exact) mass is 357 g/mol. The lowest BCUT2D eigenvalue weighted by Crippen LogP contribution is -2.25. The maximum Gasteiger partial charge on any atom is 0.195 e. The number of hydrogen-bond donors (Lipinski definition) is 2. The van der Waals surface area contributed by atoms with Crippen molar-refractivity contribution in [2.75, 3.05) is 24.5 Å². The smallest absolute Gasteiger partial charge is 0.195 e. The SMILES string of the molecule is Cc1cn(-c2nccs2)c2nc(N3C[C@H](CN)[C@@H](O)C3)ccc2c1=O. The quantitative estimate of drug-likeness (QED) is 0.723. The molecule has 8 heteroatoms. The Bertz CT molecular complexity index is 969. The number of aliphatic hydroxyl groups is 1. The van der Waals surface area contributed by atoms with Gasteiger partial charge in [0, 0.05) is 42.3 Å². The number of thiazole rings is 1. The second kappa shape index (κ2) is 6.21. The Kier molecular flexibility index (Phi) is 4.03. The molecule has 0 spiro atoms. The van der Waals surface area contributed by atoms with Gasteiger partial charge in [0.1, 0.15) is 5.82 Å². The molecule has 0 aliphatic carbocycles. The molecule has 3 aromatic rings. The predicted molar refractivity (Wildman–Crippen MR) is 98.5 cm³/mol. The number of pyridine rings is 2. The molecular weight excluding hydrogens is 338 g/mol. The fourth-order valence-corrected chi connectivity index (χ4v) is 3.87. The summed E-state index contributed by atoms with van der Waals surface area (Å²) in [6.07, 6.45) is 3.05. The number of nitrogens with two attached hydrogens (primary N) is 1. The summed E-state index contributed by atoms with van der Waals surface area (Å²) in [6.45, 7) is 3.38. The summed E-state index contributed by atoms with van der Waals surface area (Å²) in [6, 6.07) is 3.64. The molecule has 0 saturated carbocycles. The van der Waals surface area contributed by atoms with Crippen LogP contribution >= 0.6 is 11.3 Å². The molecular formula is C17H19N5O2S. The highest BCUT2D eigenvalue weighted by molar-refractivity contribution is 7.12. The third kappa shape index (κ3) is 2.72. The fourth-order valence-electron chi connectivity index (χ4n) is 3.25. The highest BCUT2D eigenvalue weighted by Crippen LogP contribution is 2.25. The van der Waals surface area contributed by atoms with Crippen LogP contribution in [0.25, 0.3) is 16.2 Å². The maximum absolute atomic E-state index is 12.5. The third-order valence-electron chi connectivity index (χ3n) is 4.67. The molecule has 25 heavy (non-hydrogen) atoms. The van der Waals surface area contributed by atoms with E-state index in [1.165, 1.54) is 11.3 Å². The van der Waals surface area contributed by atoms with Gasteiger partial charge in [-0.2, -0.15) is 0 Å². The van der Waals surface area contributed by atoms with Crippen LogP contribution in [0.15, 0.2) is 34.7 Å². The van der Waals surface area contributed by atoms with Crippen molar-refractivity contribution in [3.8, 4) is 5.13 Å². The van der Waals surface area contributed by atoms with Gasteiger partial charge in [-0.1, -0.05) is 0 Å². The lowest BCUT2D eigenvalue weighted by Gasteiger charge is -2.18. The zero-order valence-electron chi connectivity index (χ0n) is 13.8. The Morgan fingerprint density at radius 3 is 2.92 bits per heavy atom. The maximum atomic E-state index is 12.5. The highest BCUT2D eigenvalue weighted by Gasteiger charge is 2.31. The molecule has 130 valence electrons. The van der Waals surface area contributed by atoms with Crippen molar-refractivity contribution in [1.29, 1.82) is 0 Å². The molecule has 7 nitrogen and oxygen atoms in total. The first-order valence-corrected chi connectivity index (χ1v) is 9.02. The van der Waals surface area contributed by atoms with Crippen LogP contribution in [0, 0.1) is 12.8 Å². The van der Waals surface area contributed by atoms with E-state index in [0.717, 1.165) is 10.9 Å². The minimum atomic E-state index is -0.457. The molecule has 0 amide bonds. The summed E-state index contributed by atoms with van der Waals surface area (Å²) >= 11 is 1.49. The van der Waals surface area contributed by atoms with Crippen LogP contribution in [0.3, 0.4) is 0 Å². The number of aromatic nitrogens is 3. The van der Waals surface area contributed by atoms with Crippen molar-refractivity contribution >= 4 is 28.2 Å². The molecule has 1 fully saturated rings. The van der Waals surface area contributed by atoms with Crippen LogP contribution in [0.4, 0.5) is 5.82 Å². The van der Waals surface area contributed by atoms with Gasteiger partial charge in [-0.3, -0.25) is 9.36 Å². The van der Waals surface area contributed by atoms with Crippen LogP contribution < -0.4 is 16.1 Å². The van der Waals surface area contributed by atoms with Gasteiger partial charge in [-0.15, -0.1) is 11.3 Å². The molecule has 1 aliphatic rings. The molecule has 0 radical (unpaired) electrons. The number of hydrogen-bond acceptors (Lipinski definition) is 7. The first-order valence-electron chi connectivity index (χ1n) is 8.14. The van der Waals surface area contributed by atoms with Crippen molar-refractivity contribution in [2.45, 2.75) is 13.0 Å². The topological polar surface area (TPSA) is 97.3 Å². The zero-order valence-corrected chi connectivity index (χ0v) is 14.6. The van der Waals surface area contributed by atoms with E-state index >= 15 is 0 Å². The molecule has 3 N–H and O–H groups in total. The van der Waals surface area contributed by atoms with Crippen molar-refractivity contribution < 1.29 is 5.11 Å². The zero-order chi connectivity index (χ0) is 17.6. The van der Waals surface area contributed by atoms with Crippen molar-refractivity contribution in [3.05, 3.63) is 45.7 Å². The normalized spacial score (nSPS) is 20.5. The van der Waals surface area contributed by atoms with Crippen LogP contribution in [0.5, 0.6) is 0 Å². The summed E-state index contributed by atoms with van der Waals surface area (Å²) in [5, 5.41) is 13.3. The van der Waals surface area contributed by atoms with Gasteiger partial charge in [0.25, 0.3) is 0 Å². The van der Waals surface area contributed by atoms with E-state index in [4.69, 9.17) is 10.7 Å². The lowest BCUT2D eigenvalue weighted by molar-refractivity contribution is 0.152. The summed E-state index contributed by atoms with van der Waals surface area (Å²) in [5.41, 5.74) is 6.92. The number of nitrogens with zero attached hydrogens (tertiary/aromatic N) is 4. The van der Waals surface area contributed by atoms with Gasteiger partial charge in [0.15, 0.2) is 16.2 Å². The molecule has 2 atom stereocenters. The highest BCUT2D eigenvalue weighted by atomic mass is 32.1. The fraction of sp³-hybridized carbons (Fsp3) is 0.353. The lowest BCUT2D eigenvalue weighted by atomic mass is 10.1. The van der Waals surface area contributed by atoms with Crippen molar-refractivity contribution in [2.24, 2.45) is 11.7 Å². The van der Waals surface area contributed by atoms with E-state index in [1.807, 2.05) is 20.9 Å². The van der Waals surface area contributed by atoms with Gasteiger partial charge >= 0.3 is 0 Å². The summed E-state index contributed by atoms with van der Waals surface area (Å²) in [5.74, 6) is 0.771. The number of anilines is 1. The van der Waals surface area contributed by atoms with Crippen molar-refractivity contribution in [1.82, 2.24) is 14.5 Å². The first kappa shape index (κ1) is 16.2. The number of rotatable bonds is 3. The van der Waals surface area contributed by atoms with Crippen LogP contribution in [-0.2, 0) is 0 Å². The summed E-state index contributed by atoms with van der Waals surface area (Å²) in [4.78, 5) is 23.6. The standard InChI is InChI=1S/C17H19N5O2S/c1-10-7-22(17-19-4-5-25-17)16-12(15(10)24)2-3-14(20-16)21-8-11(6-18)13(23)9-21/h2-5,7,11,13,23H,6,8-9,18H2,1H3/t11-,13-/m0/s1. The molecule has 3 aromatic heterocycles. The van der Waals surface area contributed by atoms with E-state index in [1.54, 1.807) is 25.4 Å². The molecule has 4 rings (SSSR count). The molecule has 0 aromatic carbocycles. The van der Waals surface area contributed by atoms with Gasteiger partial charge in [-0.05, 0) is 25.6 Å². The number of β-amino-alcohol motifs (C(OH)–C–C–N with tert-alkyl or cyclic N) is 1. The van der Waals surface area contributed by atoms with E-state index in [9.17, 15) is 9.90 Å². The molecule has 1 aliphatic heterocycles. The minimum absolute atomic E-state index is 0.0249. The molecule has 4 heterocycles. The van der Waals surface area contributed by atoms with E-state index in [0.29, 0.717) is 36.2 Å². The first-order chi connectivity index (χ1) is 12.1. The van der Waals surface area contributed by atoms with Gasteiger partial charge < -0.3 is 15.7 Å². The van der Waals surface area contributed by atoms with E-state index in [-0.39, 0.29) is 11.3 Å². The van der Waals surface area contributed by atoms with E-state index in [2.05, 4.69) is 4.98 Å². The van der Waals surface area contributed by atoms with Gasteiger partial charge in [0.2, 0.25) is 0 Å². The second-order valence-electron chi connectivity index (χ2n) is 6.33. The Morgan fingerprint density at radius 2 is 2.24 bits per heavy atom. The third-order valence-corrected chi connectivity index (χ3v) is 5.44. The molecule has 1 saturated heterocycles. The largest absolute Gasteiger partial charge is 0.391 e. The molecule has 0 bridgehead atoms. The summed E-state index contributed by atoms with van der Waals surface area (Å²) < 4.78 is 1.85. The predicted octanol–water partition coefficient (Wildman–Crippen LogP) is 0.906. The molecule has 0 unspecified atom stereocenters. The number of aliphatic hydroxyl groups excluding tert-OH is 1. The van der Waals surface area contributed by atoms with Crippen LogP contribution in [0.2, 0.25) is 0 Å². The van der Waals surface area contributed by atoms with Crippen LogP contribution in [0.1, 0.15) is 5.56 Å². The Morgan fingerprint density at radius 1 is 1.40 bits per heavy atom.